The van der Waals surface area contributed by atoms with Gasteiger partial charge in [-0.3, -0.25) is 4.79 Å². The molecule has 0 saturated carbocycles. The molecule has 1 N–H and O–H groups in total. The molecule has 5 rings (SSSR count). The number of fused-ring (bicyclic) bond motifs is 2. The molecule has 4 heteroatoms. The maximum atomic E-state index is 13.0. The van der Waals surface area contributed by atoms with Crippen LogP contribution in [0.4, 0.5) is 0 Å². The number of benzene rings is 2. The van der Waals surface area contributed by atoms with Crippen LogP contribution in [0, 0.1) is 6.92 Å². The SMILES string of the molecule is Cc1c(C(=O)N2CCC(c3c[nH]c4ccccc34)CC2)oc2ccccc12. The van der Waals surface area contributed by atoms with E-state index in [-0.39, 0.29) is 5.91 Å². The van der Waals surface area contributed by atoms with Gasteiger partial charge in [0.05, 0.1) is 0 Å². The zero-order valence-electron chi connectivity index (χ0n) is 15.4. The summed E-state index contributed by atoms with van der Waals surface area (Å²) in [5.74, 6) is 0.991. The minimum Gasteiger partial charge on any atom is -0.451 e. The summed E-state index contributed by atoms with van der Waals surface area (Å²) in [5.41, 5.74) is 4.28. The van der Waals surface area contributed by atoms with E-state index in [1.165, 1.54) is 16.5 Å². The second kappa shape index (κ2) is 6.31. The van der Waals surface area contributed by atoms with E-state index in [2.05, 4.69) is 35.4 Å². The first kappa shape index (κ1) is 16.2. The fourth-order valence-corrected chi connectivity index (χ4v) is 4.35. The molecule has 4 aromatic rings. The Labute approximate surface area is 157 Å². The van der Waals surface area contributed by atoms with Gasteiger partial charge in [-0.15, -0.1) is 0 Å². The number of para-hydroxylation sites is 2. The normalized spacial score (nSPS) is 15.7. The molecule has 0 bridgehead atoms. The summed E-state index contributed by atoms with van der Waals surface area (Å²) in [6.45, 7) is 3.50. The van der Waals surface area contributed by atoms with Gasteiger partial charge in [-0.1, -0.05) is 36.4 Å². The number of hydrogen-bond donors (Lipinski definition) is 1. The van der Waals surface area contributed by atoms with Crippen molar-refractivity contribution in [1.82, 2.24) is 9.88 Å². The maximum absolute atomic E-state index is 13.0. The van der Waals surface area contributed by atoms with Crippen LogP contribution in [0.15, 0.2) is 59.1 Å². The standard InChI is InChI=1S/C23H22N2O2/c1-15-17-6-3-5-9-21(17)27-22(15)23(26)25-12-10-16(11-13-25)19-14-24-20-8-4-2-7-18(19)20/h2-9,14,16,24H,10-13H2,1H3. The highest BCUT2D eigenvalue weighted by molar-refractivity contribution is 5.99. The van der Waals surface area contributed by atoms with Gasteiger partial charge >= 0.3 is 0 Å². The van der Waals surface area contributed by atoms with E-state index in [1.807, 2.05) is 36.1 Å². The number of nitrogens with one attached hydrogen (secondary N) is 1. The average Bonchev–Trinajstić information content (AvgIpc) is 3.29. The molecule has 1 aliphatic rings. The molecule has 1 saturated heterocycles. The van der Waals surface area contributed by atoms with Crippen molar-refractivity contribution in [3.63, 3.8) is 0 Å². The lowest BCUT2D eigenvalue weighted by Crippen LogP contribution is -2.38. The number of aromatic amines is 1. The molecule has 1 amide bonds. The smallest absolute Gasteiger partial charge is 0.289 e. The Balaban J connectivity index is 1.35. The number of H-pyrrole nitrogens is 1. The van der Waals surface area contributed by atoms with Gasteiger partial charge in [0.25, 0.3) is 5.91 Å². The molecule has 136 valence electrons. The molecule has 1 aliphatic heterocycles. The van der Waals surface area contributed by atoms with Crippen molar-refractivity contribution in [2.24, 2.45) is 0 Å². The molecular weight excluding hydrogens is 336 g/mol. The van der Waals surface area contributed by atoms with Crippen molar-refractivity contribution < 1.29 is 9.21 Å². The molecule has 0 radical (unpaired) electrons. The Kier molecular flexibility index (Phi) is 3.78. The fourth-order valence-electron chi connectivity index (χ4n) is 4.35. The number of rotatable bonds is 2. The summed E-state index contributed by atoms with van der Waals surface area (Å²) < 4.78 is 5.87. The number of aryl methyl sites for hydroxylation is 1. The van der Waals surface area contributed by atoms with Gasteiger partial charge < -0.3 is 14.3 Å². The lowest BCUT2D eigenvalue weighted by Gasteiger charge is -2.31. The molecule has 27 heavy (non-hydrogen) atoms. The average molecular weight is 358 g/mol. The minimum atomic E-state index is 0.0149. The highest BCUT2D eigenvalue weighted by atomic mass is 16.3. The Morgan fingerprint density at radius 2 is 1.74 bits per heavy atom. The zero-order chi connectivity index (χ0) is 18.4. The first-order valence-electron chi connectivity index (χ1n) is 9.56. The third-order valence-corrected chi connectivity index (χ3v) is 5.88. The van der Waals surface area contributed by atoms with Crippen molar-refractivity contribution in [3.8, 4) is 0 Å². The van der Waals surface area contributed by atoms with Crippen LogP contribution in [-0.2, 0) is 0 Å². The highest BCUT2D eigenvalue weighted by Crippen LogP contribution is 2.34. The van der Waals surface area contributed by atoms with E-state index >= 15 is 0 Å². The summed E-state index contributed by atoms with van der Waals surface area (Å²) in [7, 11) is 0. The van der Waals surface area contributed by atoms with E-state index in [9.17, 15) is 4.79 Å². The lowest BCUT2D eigenvalue weighted by molar-refractivity contribution is 0.0682. The summed E-state index contributed by atoms with van der Waals surface area (Å²) in [5, 5.41) is 2.32. The number of nitrogens with zero attached hydrogens (tertiary/aromatic N) is 1. The predicted octanol–water partition coefficient (Wildman–Crippen LogP) is 5.24. The van der Waals surface area contributed by atoms with Gasteiger partial charge in [0, 0.05) is 41.1 Å². The third kappa shape index (κ3) is 2.64. The molecule has 2 aromatic carbocycles. The van der Waals surface area contributed by atoms with Crippen molar-refractivity contribution in [3.05, 3.63) is 71.6 Å². The highest BCUT2D eigenvalue weighted by Gasteiger charge is 2.28. The van der Waals surface area contributed by atoms with Crippen molar-refractivity contribution in [2.75, 3.05) is 13.1 Å². The summed E-state index contributed by atoms with van der Waals surface area (Å²) in [6, 6.07) is 16.3. The van der Waals surface area contributed by atoms with Gasteiger partial charge in [0.2, 0.25) is 0 Å². The van der Waals surface area contributed by atoms with Gasteiger partial charge in [-0.2, -0.15) is 0 Å². The number of piperidine rings is 1. The number of carbonyl (C=O) groups excluding carboxylic acids is 1. The first-order valence-corrected chi connectivity index (χ1v) is 9.56. The van der Waals surface area contributed by atoms with Gasteiger partial charge in [-0.05, 0) is 43.4 Å². The summed E-state index contributed by atoms with van der Waals surface area (Å²) >= 11 is 0. The Hall–Kier alpha value is -3.01. The number of aromatic nitrogens is 1. The van der Waals surface area contributed by atoms with E-state index in [1.54, 1.807) is 0 Å². The number of likely N-dealkylation sites (tertiary alicyclic amines) is 1. The quantitative estimate of drug-likeness (QED) is 0.532. The molecule has 0 aliphatic carbocycles. The van der Waals surface area contributed by atoms with Gasteiger partial charge in [-0.25, -0.2) is 0 Å². The molecule has 0 atom stereocenters. The van der Waals surface area contributed by atoms with Gasteiger partial charge in [0.15, 0.2) is 5.76 Å². The first-order chi connectivity index (χ1) is 13.2. The largest absolute Gasteiger partial charge is 0.451 e. The molecular formula is C23H22N2O2. The van der Waals surface area contributed by atoms with Crippen LogP contribution in [0.2, 0.25) is 0 Å². The Morgan fingerprint density at radius 3 is 2.52 bits per heavy atom. The number of furan rings is 1. The summed E-state index contributed by atoms with van der Waals surface area (Å²) in [4.78, 5) is 18.3. The monoisotopic (exact) mass is 358 g/mol. The Morgan fingerprint density at radius 1 is 1.04 bits per heavy atom. The number of amides is 1. The second-order valence-corrected chi connectivity index (χ2v) is 7.41. The predicted molar refractivity (Wildman–Crippen MR) is 107 cm³/mol. The molecule has 3 heterocycles. The van der Waals surface area contributed by atoms with Crippen molar-refractivity contribution >= 4 is 27.8 Å². The lowest BCUT2D eigenvalue weighted by atomic mass is 9.89. The molecule has 4 nitrogen and oxygen atoms in total. The van der Waals surface area contributed by atoms with E-state index in [4.69, 9.17) is 4.42 Å². The maximum Gasteiger partial charge on any atom is 0.289 e. The van der Waals surface area contributed by atoms with E-state index in [0.717, 1.165) is 42.5 Å². The Bertz CT molecular complexity index is 1130. The van der Waals surface area contributed by atoms with E-state index < -0.39 is 0 Å². The third-order valence-electron chi connectivity index (χ3n) is 5.88. The minimum absolute atomic E-state index is 0.0149. The molecule has 2 aromatic heterocycles. The van der Waals surface area contributed by atoms with Crippen LogP contribution in [0.3, 0.4) is 0 Å². The van der Waals surface area contributed by atoms with E-state index in [0.29, 0.717) is 11.7 Å². The van der Waals surface area contributed by atoms with Crippen molar-refractivity contribution in [2.45, 2.75) is 25.7 Å². The number of carbonyl (C=O) groups is 1. The molecule has 1 fully saturated rings. The fraction of sp³-hybridized carbons (Fsp3) is 0.261. The number of hydrogen-bond acceptors (Lipinski definition) is 2. The van der Waals surface area contributed by atoms with Crippen molar-refractivity contribution in [1.29, 1.82) is 0 Å². The molecule has 0 spiro atoms. The van der Waals surface area contributed by atoms with Crippen LogP contribution in [0.5, 0.6) is 0 Å². The van der Waals surface area contributed by atoms with Crippen LogP contribution >= 0.6 is 0 Å². The van der Waals surface area contributed by atoms with Crippen LogP contribution in [-0.4, -0.2) is 28.9 Å². The second-order valence-electron chi connectivity index (χ2n) is 7.41. The topological polar surface area (TPSA) is 49.2 Å². The van der Waals surface area contributed by atoms with Crippen LogP contribution < -0.4 is 0 Å². The van der Waals surface area contributed by atoms with Gasteiger partial charge in [0.1, 0.15) is 5.58 Å². The van der Waals surface area contributed by atoms with Crippen LogP contribution in [0.25, 0.3) is 21.9 Å². The zero-order valence-corrected chi connectivity index (χ0v) is 15.4. The summed E-state index contributed by atoms with van der Waals surface area (Å²) in [6.07, 6.45) is 4.09. The van der Waals surface area contributed by atoms with Crippen LogP contribution in [0.1, 0.15) is 40.4 Å². The molecule has 0 unspecified atom stereocenters.